The van der Waals surface area contributed by atoms with Crippen LogP contribution < -0.4 is 4.74 Å². The van der Waals surface area contributed by atoms with E-state index in [-0.39, 0.29) is 11.7 Å². The maximum absolute atomic E-state index is 14.1. The first-order chi connectivity index (χ1) is 9.75. The van der Waals surface area contributed by atoms with Crippen LogP contribution in [-0.2, 0) is 0 Å². The Balaban J connectivity index is 1.64. The van der Waals surface area contributed by atoms with Crippen LogP contribution in [0.5, 0.6) is 5.75 Å². The molecule has 0 aliphatic heterocycles. The second-order valence-corrected chi connectivity index (χ2v) is 6.20. The molecule has 0 atom stereocenters. The monoisotopic (exact) mass is 280 g/mol. The van der Waals surface area contributed by atoms with E-state index in [1.54, 1.807) is 12.1 Å². The first-order valence-electron chi connectivity index (χ1n) is 7.86. The minimum Gasteiger partial charge on any atom is -0.490 e. The summed E-state index contributed by atoms with van der Waals surface area (Å²) in [5.74, 6) is -0.515. The molecular weight excluding hydrogens is 258 g/mol. The van der Waals surface area contributed by atoms with Gasteiger partial charge in [0.25, 0.3) is 0 Å². The van der Waals surface area contributed by atoms with E-state index in [1.165, 1.54) is 19.3 Å². The van der Waals surface area contributed by atoms with Gasteiger partial charge in [0, 0.05) is 0 Å². The minimum absolute atomic E-state index is 0.0728. The number of ether oxygens (including phenoxy) is 1. The second-order valence-electron chi connectivity index (χ2n) is 6.20. The third-order valence-corrected chi connectivity index (χ3v) is 4.88. The molecule has 3 heteroatoms. The van der Waals surface area contributed by atoms with Gasteiger partial charge >= 0.3 is 0 Å². The lowest BCUT2D eigenvalue weighted by Gasteiger charge is -2.25. The molecule has 0 heterocycles. The van der Waals surface area contributed by atoms with Crippen LogP contribution in [0.1, 0.15) is 62.8 Å². The van der Waals surface area contributed by atoms with Gasteiger partial charge in [-0.3, -0.25) is 0 Å². The van der Waals surface area contributed by atoms with Crippen molar-refractivity contribution in [2.75, 3.05) is 6.61 Å². The number of benzene rings is 1. The van der Waals surface area contributed by atoms with E-state index in [9.17, 15) is 8.78 Å². The second kappa shape index (κ2) is 6.11. The lowest BCUT2D eigenvalue weighted by molar-refractivity contribution is 0.215. The average molecular weight is 280 g/mol. The largest absolute Gasteiger partial charge is 0.490 e. The first kappa shape index (κ1) is 13.8. The van der Waals surface area contributed by atoms with Gasteiger partial charge in [0.1, 0.15) is 0 Å². The predicted octanol–water partition coefficient (Wildman–Crippen LogP) is 5.19. The molecule has 3 rings (SSSR count). The van der Waals surface area contributed by atoms with Gasteiger partial charge in [-0.1, -0.05) is 38.2 Å². The van der Waals surface area contributed by atoms with Crippen LogP contribution in [0, 0.1) is 17.6 Å². The summed E-state index contributed by atoms with van der Waals surface area (Å²) in [6, 6.07) is 3.32. The van der Waals surface area contributed by atoms with Crippen molar-refractivity contribution in [3.63, 3.8) is 0 Å². The van der Waals surface area contributed by atoms with Crippen molar-refractivity contribution in [1.82, 2.24) is 0 Å². The third-order valence-electron chi connectivity index (χ3n) is 4.88. The van der Waals surface area contributed by atoms with E-state index in [2.05, 4.69) is 0 Å². The third kappa shape index (κ3) is 2.82. The predicted molar refractivity (Wildman–Crippen MR) is 75.0 cm³/mol. The van der Waals surface area contributed by atoms with Crippen molar-refractivity contribution in [2.45, 2.75) is 57.3 Å². The number of halogens is 2. The van der Waals surface area contributed by atoms with Crippen molar-refractivity contribution in [2.24, 2.45) is 5.92 Å². The van der Waals surface area contributed by atoms with Crippen molar-refractivity contribution in [1.29, 1.82) is 0 Å². The molecule has 0 saturated heterocycles. The van der Waals surface area contributed by atoms with Crippen LogP contribution in [0.2, 0.25) is 0 Å². The van der Waals surface area contributed by atoms with E-state index in [1.807, 2.05) is 0 Å². The molecule has 0 aromatic heterocycles. The van der Waals surface area contributed by atoms with E-state index in [0.717, 1.165) is 38.0 Å². The Kier molecular flexibility index (Phi) is 4.23. The fraction of sp³-hybridized carbons (Fsp3) is 0.647. The Morgan fingerprint density at radius 1 is 0.950 bits per heavy atom. The van der Waals surface area contributed by atoms with Gasteiger partial charge in [0.15, 0.2) is 11.6 Å². The molecule has 2 aliphatic rings. The van der Waals surface area contributed by atoms with Crippen LogP contribution in [-0.4, -0.2) is 6.61 Å². The molecule has 20 heavy (non-hydrogen) atoms. The fourth-order valence-corrected chi connectivity index (χ4v) is 3.33. The molecule has 1 aromatic carbocycles. The number of hydrogen-bond donors (Lipinski definition) is 0. The molecule has 0 N–H and O–H groups in total. The van der Waals surface area contributed by atoms with E-state index >= 15 is 0 Å². The zero-order chi connectivity index (χ0) is 13.9. The van der Waals surface area contributed by atoms with Crippen molar-refractivity contribution >= 4 is 0 Å². The Bertz CT molecular complexity index is 462. The topological polar surface area (TPSA) is 9.23 Å². The normalized spacial score (nSPS) is 20.1. The highest BCUT2D eigenvalue weighted by atomic mass is 19.2. The molecule has 0 unspecified atom stereocenters. The molecular formula is C17H22F2O. The Hall–Kier alpha value is -1.12. The number of hydrogen-bond acceptors (Lipinski definition) is 1. The Labute approximate surface area is 119 Å². The highest BCUT2D eigenvalue weighted by Gasteiger charge is 2.24. The summed E-state index contributed by atoms with van der Waals surface area (Å²) in [4.78, 5) is 0. The molecule has 2 fully saturated rings. The molecule has 0 spiro atoms. The summed E-state index contributed by atoms with van der Waals surface area (Å²) < 4.78 is 33.6. The summed E-state index contributed by atoms with van der Waals surface area (Å²) in [6.07, 6.45) is 8.92. The molecule has 1 aromatic rings. The van der Waals surface area contributed by atoms with Crippen LogP contribution in [0.4, 0.5) is 8.78 Å². The van der Waals surface area contributed by atoms with E-state index in [4.69, 9.17) is 4.74 Å². The van der Waals surface area contributed by atoms with E-state index in [0.29, 0.717) is 12.2 Å². The summed E-state index contributed by atoms with van der Waals surface area (Å²) in [7, 11) is 0. The lowest BCUT2D eigenvalue weighted by atomic mass is 9.83. The Morgan fingerprint density at radius 3 is 2.35 bits per heavy atom. The van der Waals surface area contributed by atoms with Crippen molar-refractivity contribution < 1.29 is 13.5 Å². The lowest BCUT2D eigenvalue weighted by Crippen LogP contribution is -2.15. The highest BCUT2D eigenvalue weighted by molar-refractivity contribution is 5.33. The van der Waals surface area contributed by atoms with E-state index < -0.39 is 11.6 Å². The fourth-order valence-electron chi connectivity index (χ4n) is 3.33. The molecule has 2 saturated carbocycles. The van der Waals surface area contributed by atoms with Crippen LogP contribution in [0.15, 0.2) is 12.1 Å². The quantitative estimate of drug-likeness (QED) is 0.721. The zero-order valence-electron chi connectivity index (χ0n) is 11.8. The van der Waals surface area contributed by atoms with Crippen molar-refractivity contribution in [3.05, 3.63) is 29.3 Å². The SMILES string of the molecule is Fc1c(OCCC2CCC2)ccc(C2CCCC2)c1F. The summed E-state index contributed by atoms with van der Waals surface area (Å²) >= 11 is 0. The summed E-state index contributed by atoms with van der Waals surface area (Å²) in [5, 5.41) is 0. The summed E-state index contributed by atoms with van der Waals surface area (Å²) in [6.45, 7) is 0.490. The average Bonchev–Trinajstić information content (AvgIpc) is 2.91. The van der Waals surface area contributed by atoms with Crippen LogP contribution in [0.25, 0.3) is 0 Å². The zero-order valence-corrected chi connectivity index (χ0v) is 11.8. The molecule has 1 nitrogen and oxygen atoms in total. The van der Waals surface area contributed by atoms with Crippen LogP contribution in [0.3, 0.4) is 0 Å². The van der Waals surface area contributed by atoms with Gasteiger partial charge in [-0.25, -0.2) is 4.39 Å². The standard InChI is InChI=1S/C17H22F2O/c18-16-14(13-6-1-2-7-13)8-9-15(17(16)19)20-11-10-12-4-3-5-12/h8-9,12-13H,1-7,10-11H2. The van der Waals surface area contributed by atoms with Gasteiger partial charge in [-0.15, -0.1) is 0 Å². The summed E-state index contributed by atoms with van der Waals surface area (Å²) in [5.41, 5.74) is 0.534. The maximum Gasteiger partial charge on any atom is 0.200 e. The highest BCUT2D eigenvalue weighted by Crippen LogP contribution is 2.37. The molecule has 0 radical (unpaired) electrons. The minimum atomic E-state index is -0.803. The van der Waals surface area contributed by atoms with Gasteiger partial charge < -0.3 is 4.74 Å². The molecule has 2 aliphatic carbocycles. The smallest absolute Gasteiger partial charge is 0.200 e. The molecule has 110 valence electrons. The van der Waals surface area contributed by atoms with Crippen molar-refractivity contribution in [3.8, 4) is 5.75 Å². The van der Waals surface area contributed by atoms with Gasteiger partial charge in [-0.2, -0.15) is 4.39 Å². The van der Waals surface area contributed by atoms with Gasteiger partial charge in [0.05, 0.1) is 6.61 Å². The molecule has 0 amide bonds. The van der Waals surface area contributed by atoms with Gasteiger partial charge in [-0.05, 0) is 42.7 Å². The Morgan fingerprint density at radius 2 is 1.70 bits per heavy atom. The van der Waals surface area contributed by atoms with Gasteiger partial charge in [0.2, 0.25) is 5.82 Å². The molecule has 0 bridgehead atoms. The number of rotatable bonds is 5. The maximum atomic E-state index is 14.1. The first-order valence-corrected chi connectivity index (χ1v) is 7.86. The van der Waals surface area contributed by atoms with Crippen LogP contribution >= 0.6 is 0 Å².